The first-order valence-electron chi connectivity index (χ1n) is 4.03. The van der Waals surface area contributed by atoms with Gasteiger partial charge in [0.2, 0.25) is 0 Å². The van der Waals surface area contributed by atoms with Crippen molar-refractivity contribution in [3.63, 3.8) is 0 Å². The molecule has 2 nitrogen and oxygen atoms in total. The van der Waals surface area contributed by atoms with Crippen molar-refractivity contribution in [2.24, 2.45) is 0 Å². The maximum absolute atomic E-state index is 11.7. The normalized spacial score (nSPS) is 13.9. The summed E-state index contributed by atoms with van der Waals surface area (Å²) in [6.45, 7) is -0.800. The van der Waals surface area contributed by atoms with E-state index in [-0.39, 0.29) is 0 Å². The summed E-state index contributed by atoms with van der Waals surface area (Å²) in [6, 6.07) is 6.31. The molecule has 1 aromatic rings. The molecule has 0 bridgehead atoms. The number of halogens is 4. The minimum absolute atomic E-state index is 0.377. The van der Waals surface area contributed by atoms with Crippen molar-refractivity contribution >= 4 is 15.9 Å². The Kier molecular flexibility index (Phi) is 4.12. The maximum Gasteiger partial charge on any atom is 0.522 e. The van der Waals surface area contributed by atoms with E-state index in [2.05, 4.69) is 20.7 Å². The second-order valence-electron chi connectivity index (χ2n) is 2.82. The van der Waals surface area contributed by atoms with Crippen molar-refractivity contribution in [3.8, 4) is 0 Å². The fourth-order valence-corrected chi connectivity index (χ4v) is 1.22. The number of hydrogen-bond donors (Lipinski definition) is 1. The summed E-state index contributed by atoms with van der Waals surface area (Å²) >= 11 is 3.17. The zero-order valence-electron chi connectivity index (χ0n) is 7.46. The molecule has 0 fully saturated rings. The second-order valence-corrected chi connectivity index (χ2v) is 3.74. The fraction of sp³-hybridized carbons (Fsp3) is 0.333. The summed E-state index contributed by atoms with van der Waals surface area (Å²) in [5.74, 6) is 0. The highest BCUT2D eigenvalue weighted by Gasteiger charge is 2.30. The van der Waals surface area contributed by atoms with Crippen LogP contribution in [0.2, 0.25) is 0 Å². The van der Waals surface area contributed by atoms with E-state index in [9.17, 15) is 18.3 Å². The number of rotatable bonds is 3. The molecule has 84 valence electrons. The highest BCUT2D eigenvalue weighted by atomic mass is 79.9. The molecule has 6 heteroatoms. The summed E-state index contributed by atoms with van der Waals surface area (Å²) in [5, 5.41) is 9.33. The first-order chi connectivity index (χ1) is 6.88. The Bertz CT molecular complexity index is 310. The minimum Gasteiger partial charge on any atom is -0.386 e. The molecule has 0 spiro atoms. The monoisotopic (exact) mass is 284 g/mol. The van der Waals surface area contributed by atoms with Gasteiger partial charge in [-0.05, 0) is 17.7 Å². The van der Waals surface area contributed by atoms with E-state index in [1.807, 2.05) is 0 Å². The lowest BCUT2D eigenvalue weighted by molar-refractivity contribution is -0.331. The van der Waals surface area contributed by atoms with Gasteiger partial charge in [0, 0.05) is 4.47 Å². The first kappa shape index (κ1) is 12.5. The molecule has 15 heavy (non-hydrogen) atoms. The van der Waals surface area contributed by atoms with Crippen molar-refractivity contribution in [1.29, 1.82) is 0 Å². The molecule has 0 radical (unpaired) electrons. The zero-order chi connectivity index (χ0) is 11.5. The minimum atomic E-state index is -4.71. The largest absolute Gasteiger partial charge is 0.522 e. The Balaban J connectivity index is 2.54. The van der Waals surface area contributed by atoms with E-state index in [1.165, 1.54) is 12.1 Å². The average molecular weight is 285 g/mol. The van der Waals surface area contributed by atoms with E-state index < -0.39 is 19.1 Å². The third-order valence-electron chi connectivity index (χ3n) is 1.66. The third kappa shape index (κ3) is 4.63. The van der Waals surface area contributed by atoms with Crippen LogP contribution in [-0.4, -0.2) is 18.1 Å². The summed E-state index contributed by atoms with van der Waals surface area (Å²) in [4.78, 5) is 0. The highest BCUT2D eigenvalue weighted by molar-refractivity contribution is 9.10. The van der Waals surface area contributed by atoms with Gasteiger partial charge in [0.25, 0.3) is 0 Å². The summed E-state index contributed by atoms with van der Waals surface area (Å²) in [5.41, 5.74) is 0.377. The molecule has 0 aliphatic rings. The van der Waals surface area contributed by atoms with Crippen LogP contribution in [0.15, 0.2) is 28.7 Å². The van der Waals surface area contributed by atoms with E-state index in [1.54, 1.807) is 12.1 Å². The van der Waals surface area contributed by atoms with Crippen LogP contribution in [0.1, 0.15) is 11.7 Å². The van der Waals surface area contributed by atoms with Crippen molar-refractivity contribution in [2.75, 3.05) is 6.61 Å². The van der Waals surface area contributed by atoms with Crippen molar-refractivity contribution in [2.45, 2.75) is 12.5 Å². The van der Waals surface area contributed by atoms with E-state index >= 15 is 0 Å². The Morgan fingerprint density at radius 3 is 2.27 bits per heavy atom. The average Bonchev–Trinajstić information content (AvgIpc) is 2.14. The molecule has 1 unspecified atom stereocenters. The SMILES string of the molecule is OC(COC(F)(F)F)c1ccc(Br)cc1. The number of ether oxygens (including phenoxy) is 1. The molecule has 1 N–H and O–H groups in total. The quantitative estimate of drug-likeness (QED) is 0.925. The molecule has 0 saturated heterocycles. The second kappa shape index (κ2) is 4.96. The van der Waals surface area contributed by atoms with Crippen LogP contribution in [0.25, 0.3) is 0 Å². The van der Waals surface area contributed by atoms with Gasteiger partial charge in [0.1, 0.15) is 6.10 Å². The van der Waals surface area contributed by atoms with Crippen LogP contribution in [-0.2, 0) is 4.74 Å². The number of alkyl halides is 3. The van der Waals surface area contributed by atoms with E-state index in [0.29, 0.717) is 5.56 Å². The summed E-state index contributed by atoms with van der Waals surface area (Å²) in [7, 11) is 0. The molecule has 0 amide bonds. The Labute approximate surface area is 92.8 Å². The summed E-state index contributed by atoms with van der Waals surface area (Å²) < 4.78 is 39.3. The molecule has 0 saturated carbocycles. The lowest BCUT2D eigenvalue weighted by atomic mass is 10.1. The number of aliphatic hydroxyl groups is 1. The van der Waals surface area contributed by atoms with Gasteiger partial charge in [-0.3, -0.25) is 4.74 Å². The van der Waals surface area contributed by atoms with Crippen molar-refractivity contribution < 1.29 is 23.0 Å². The number of hydrogen-bond acceptors (Lipinski definition) is 2. The van der Waals surface area contributed by atoms with Crippen LogP contribution in [0.5, 0.6) is 0 Å². The van der Waals surface area contributed by atoms with Gasteiger partial charge in [-0.15, -0.1) is 13.2 Å². The van der Waals surface area contributed by atoms with Gasteiger partial charge in [-0.1, -0.05) is 28.1 Å². The van der Waals surface area contributed by atoms with Crippen molar-refractivity contribution in [1.82, 2.24) is 0 Å². The smallest absolute Gasteiger partial charge is 0.386 e. The Morgan fingerprint density at radius 2 is 1.80 bits per heavy atom. The fourth-order valence-electron chi connectivity index (χ4n) is 0.955. The molecule has 1 atom stereocenters. The third-order valence-corrected chi connectivity index (χ3v) is 2.19. The van der Waals surface area contributed by atoms with Gasteiger partial charge in [-0.25, -0.2) is 0 Å². The molecule has 0 aliphatic heterocycles. The summed E-state index contributed by atoms with van der Waals surface area (Å²) in [6.07, 6.45) is -5.99. The van der Waals surface area contributed by atoms with Gasteiger partial charge < -0.3 is 5.11 Å². The van der Waals surface area contributed by atoms with E-state index in [0.717, 1.165) is 4.47 Å². The number of aliphatic hydroxyl groups excluding tert-OH is 1. The molecular formula is C9H8BrF3O2. The maximum atomic E-state index is 11.7. The van der Waals surface area contributed by atoms with Crippen LogP contribution in [0.3, 0.4) is 0 Å². The lowest BCUT2D eigenvalue weighted by Gasteiger charge is -2.13. The van der Waals surface area contributed by atoms with Gasteiger partial charge in [-0.2, -0.15) is 0 Å². The molecular weight excluding hydrogens is 277 g/mol. The van der Waals surface area contributed by atoms with Crippen LogP contribution in [0, 0.1) is 0 Å². The predicted octanol–water partition coefficient (Wildman–Crippen LogP) is 3.02. The van der Waals surface area contributed by atoms with Crippen LogP contribution < -0.4 is 0 Å². The van der Waals surface area contributed by atoms with Gasteiger partial charge >= 0.3 is 6.36 Å². The molecule has 0 aliphatic carbocycles. The van der Waals surface area contributed by atoms with Crippen LogP contribution in [0.4, 0.5) is 13.2 Å². The van der Waals surface area contributed by atoms with Gasteiger partial charge in [0.15, 0.2) is 0 Å². The molecule has 0 heterocycles. The predicted molar refractivity (Wildman–Crippen MR) is 51.1 cm³/mol. The standard InChI is InChI=1S/C9H8BrF3O2/c10-7-3-1-6(2-4-7)8(14)5-15-9(11,12)13/h1-4,8,14H,5H2. The lowest BCUT2D eigenvalue weighted by Crippen LogP contribution is -2.18. The molecule has 1 rings (SSSR count). The Hall–Kier alpha value is -0.590. The Morgan fingerprint density at radius 1 is 1.27 bits per heavy atom. The first-order valence-corrected chi connectivity index (χ1v) is 4.82. The topological polar surface area (TPSA) is 29.5 Å². The van der Waals surface area contributed by atoms with Gasteiger partial charge in [0.05, 0.1) is 6.61 Å². The molecule has 0 aromatic heterocycles. The van der Waals surface area contributed by atoms with E-state index in [4.69, 9.17) is 0 Å². The van der Waals surface area contributed by atoms with Crippen molar-refractivity contribution in [3.05, 3.63) is 34.3 Å². The zero-order valence-corrected chi connectivity index (χ0v) is 9.05. The number of benzene rings is 1. The molecule has 1 aromatic carbocycles. The van der Waals surface area contributed by atoms with Crippen LogP contribution >= 0.6 is 15.9 Å². The highest BCUT2D eigenvalue weighted by Crippen LogP contribution is 2.21.